The summed E-state index contributed by atoms with van der Waals surface area (Å²) in [5.74, 6) is 0. The highest BCUT2D eigenvalue weighted by molar-refractivity contribution is 7.09. The summed E-state index contributed by atoms with van der Waals surface area (Å²) in [7, 11) is 0. The maximum absolute atomic E-state index is 3.84. The number of aromatic nitrogens is 1. The Labute approximate surface area is 61.8 Å². The van der Waals surface area contributed by atoms with Gasteiger partial charge in [-0.1, -0.05) is 21.3 Å². The van der Waals surface area contributed by atoms with Crippen LogP contribution >= 0.6 is 11.3 Å². The molecule has 0 bridgehead atoms. The van der Waals surface area contributed by atoms with Crippen molar-refractivity contribution in [3.8, 4) is 0 Å². The Hall–Kier alpha value is -0.370. The van der Waals surface area contributed by atoms with Gasteiger partial charge in [0, 0.05) is 11.1 Å². The summed E-state index contributed by atoms with van der Waals surface area (Å²) in [6.45, 7) is 6.04. The normalized spacial score (nSPS) is 6.56. The lowest BCUT2D eigenvalue weighted by Crippen LogP contribution is -1.48. The molecule has 0 aromatic carbocycles. The van der Waals surface area contributed by atoms with Gasteiger partial charge in [0.25, 0.3) is 0 Å². The molecule has 0 aliphatic rings. The monoisotopic (exact) mass is 145 g/mol. The molecule has 1 nitrogen and oxygen atoms in total. The summed E-state index contributed by atoms with van der Waals surface area (Å²) < 4.78 is 0. The second-order valence-corrected chi connectivity index (χ2v) is 2.20. The molecule has 1 aromatic heterocycles. The van der Waals surface area contributed by atoms with E-state index in [1.54, 1.807) is 11.3 Å². The summed E-state index contributed by atoms with van der Waals surface area (Å²) in [5.41, 5.74) is 1.83. The van der Waals surface area contributed by atoms with Gasteiger partial charge in [-0.15, -0.1) is 11.3 Å². The van der Waals surface area contributed by atoms with E-state index in [0.717, 1.165) is 0 Å². The number of hydrogen-bond acceptors (Lipinski definition) is 2. The lowest BCUT2D eigenvalue weighted by molar-refractivity contribution is 1.39. The zero-order chi connectivity index (χ0) is 6.41. The van der Waals surface area contributed by atoms with Gasteiger partial charge in [-0.2, -0.15) is 0 Å². The van der Waals surface area contributed by atoms with Crippen molar-refractivity contribution in [3.05, 3.63) is 16.6 Å². The molecule has 0 atom stereocenters. The van der Waals surface area contributed by atoms with Crippen LogP contribution in [0.4, 0.5) is 0 Å². The van der Waals surface area contributed by atoms with E-state index in [4.69, 9.17) is 0 Å². The first-order valence-electron chi connectivity index (χ1n) is 2.74. The van der Waals surface area contributed by atoms with Crippen LogP contribution in [-0.4, -0.2) is 4.98 Å². The summed E-state index contributed by atoms with van der Waals surface area (Å²) in [6, 6.07) is 0. The summed E-state index contributed by atoms with van der Waals surface area (Å²) in [5, 5.41) is 0. The molecule has 0 unspecified atom stereocenters. The second-order valence-electron chi connectivity index (χ2n) is 1.11. The Morgan fingerprint density at radius 1 is 1.44 bits per heavy atom. The molecule has 0 radical (unpaired) electrons. The lowest BCUT2D eigenvalue weighted by atomic mass is 10.7. The van der Waals surface area contributed by atoms with Crippen molar-refractivity contribution < 1.29 is 0 Å². The highest BCUT2D eigenvalue weighted by Gasteiger charge is 1.76. The van der Waals surface area contributed by atoms with Gasteiger partial charge in [0.2, 0.25) is 0 Å². The molecule has 9 heavy (non-hydrogen) atoms. The summed E-state index contributed by atoms with van der Waals surface area (Å²) in [6.07, 6.45) is 1.85. The molecule has 0 aliphatic heterocycles. The van der Waals surface area contributed by atoms with Gasteiger partial charge in [0.15, 0.2) is 0 Å². The van der Waals surface area contributed by atoms with Crippen LogP contribution in [0, 0.1) is 6.92 Å². The molecule has 1 aromatic rings. The van der Waals surface area contributed by atoms with Crippen LogP contribution in [0.5, 0.6) is 0 Å². The molecule has 0 spiro atoms. The molecule has 1 rings (SSSR count). The number of thiazole rings is 1. The van der Waals surface area contributed by atoms with Gasteiger partial charge in [0.1, 0.15) is 0 Å². The zero-order valence-electron chi connectivity index (χ0n) is 5.51. The Balaban J connectivity index is 0. The molecule has 0 fully saturated rings. The maximum atomic E-state index is 3.84. The number of hydrogen-bond donors (Lipinski definition) is 0. The molecule has 2 heteroatoms. The van der Waals surface area contributed by atoms with Crippen molar-refractivity contribution in [2.24, 2.45) is 0 Å². The first kappa shape index (κ1) is 11.4. The molecule has 54 valence electrons. The van der Waals surface area contributed by atoms with E-state index in [2.05, 4.69) is 4.98 Å². The van der Waals surface area contributed by atoms with Crippen LogP contribution in [0.25, 0.3) is 0 Å². The van der Waals surface area contributed by atoms with E-state index >= 15 is 0 Å². The van der Waals surface area contributed by atoms with Crippen molar-refractivity contribution in [2.45, 2.75) is 28.2 Å². The fraction of sp³-hybridized carbons (Fsp3) is 0.571. The minimum Gasteiger partial charge on any atom is -0.253 e. The van der Waals surface area contributed by atoms with Crippen molar-refractivity contribution in [3.63, 3.8) is 0 Å². The lowest BCUT2D eigenvalue weighted by Gasteiger charge is -1.63. The van der Waals surface area contributed by atoms with Crippen LogP contribution in [0.1, 0.15) is 26.2 Å². The van der Waals surface area contributed by atoms with E-state index in [9.17, 15) is 0 Å². The van der Waals surface area contributed by atoms with Gasteiger partial charge in [0.05, 0.1) is 5.51 Å². The molecule has 0 saturated carbocycles. The molecule has 0 amide bonds. The van der Waals surface area contributed by atoms with Crippen LogP contribution in [-0.2, 0) is 0 Å². The average molecular weight is 145 g/mol. The molecule has 0 saturated heterocycles. The minimum atomic E-state index is 0. The third-order valence-electron chi connectivity index (χ3n) is 0.556. The number of aryl methyl sites for hydroxylation is 1. The Kier molecular flexibility index (Phi) is 9.69. The fourth-order valence-electron chi connectivity index (χ4n) is 0.279. The number of nitrogens with zero attached hydrogens (tertiary/aromatic N) is 1. The van der Waals surface area contributed by atoms with Crippen molar-refractivity contribution in [2.75, 3.05) is 0 Å². The highest BCUT2D eigenvalue weighted by Crippen LogP contribution is 1.99. The van der Waals surface area contributed by atoms with E-state index in [1.807, 2.05) is 32.5 Å². The maximum Gasteiger partial charge on any atom is 0.0794 e. The first-order chi connectivity index (χ1) is 3.89. The molecule has 0 N–H and O–H groups in total. The predicted octanol–water partition coefficient (Wildman–Crippen LogP) is 3.11. The highest BCUT2D eigenvalue weighted by atomic mass is 32.1. The van der Waals surface area contributed by atoms with Crippen LogP contribution < -0.4 is 0 Å². The molecule has 1 heterocycles. The van der Waals surface area contributed by atoms with Gasteiger partial charge >= 0.3 is 0 Å². The third kappa shape index (κ3) is 5.50. The van der Waals surface area contributed by atoms with Crippen molar-refractivity contribution in [1.82, 2.24) is 4.98 Å². The number of rotatable bonds is 0. The van der Waals surface area contributed by atoms with E-state index in [-0.39, 0.29) is 7.43 Å². The Bertz CT molecular complexity index is 112. The molecular formula is C7H15NS. The van der Waals surface area contributed by atoms with Gasteiger partial charge in [-0.05, 0) is 6.92 Å². The van der Waals surface area contributed by atoms with E-state index in [1.165, 1.54) is 4.88 Å². The summed E-state index contributed by atoms with van der Waals surface area (Å²) >= 11 is 1.67. The topological polar surface area (TPSA) is 12.9 Å². The predicted molar refractivity (Wildman–Crippen MR) is 44.9 cm³/mol. The second kappa shape index (κ2) is 7.63. The van der Waals surface area contributed by atoms with E-state index in [0.29, 0.717) is 0 Å². The van der Waals surface area contributed by atoms with E-state index < -0.39 is 0 Å². The third-order valence-corrected chi connectivity index (χ3v) is 1.26. The Morgan fingerprint density at radius 3 is 2.11 bits per heavy atom. The SMILES string of the molecule is C.CC.Cc1cncs1. The molecule has 0 aliphatic carbocycles. The van der Waals surface area contributed by atoms with Crippen LogP contribution in [0.2, 0.25) is 0 Å². The standard InChI is InChI=1S/C4H5NS.C2H6.CH4/c1-4-2-5-3-6-4;1-2;/h2-3H,1H3;1-2H3;1H4. The average Bonchev–Trinajstić information content (AvgIpc) is 2.24. The fourth-order valence-corrected chi connectivity index (χ4v) is 0.689. The largest absolute Gasteiger partial charge is 0.253 e. The quantitative estimate of drug-likeness (QED) is 0.546. The first-order valence-corrected chi connectivity index (χ1v) is 3.62. The van der Waals surface area contributed by atoms with Crippen molar-refractivity contribution in [1.29, 1.82) is 0 Å². The van der Waals surface area contributed by atoms with Gasteiger partial charge in [-0.3, -0.25) is 4.98 Å². The molecular weight excluding hydrogens is 130 g/mol. The Morgan fingerprint density at radius 2 is 2.00 bits per heavy atom. The van der Waals surface area contributed by atoms with Gasteiger partial charge < -0.3 is 0 Å². The van der Waals surface area contributed by atoms with Gasteiger partial charge in [-0.25, -0.2) is 0 Å². The minimum absolute atomic E-state index is 0. The zero-order valence-corrected chi connectivity index (χ0v) is 6.33. The summed E-state index contributed by atoms with van der Waals surface area (Å²) in [4.78, 5) is 5.11. The van der Waals surface area contributed by atoms with Crippen LogP contribution in [0.15, 0.2) is 11.7 Å². The van der Waals surface area contributed by atoms with Crippen LogP contribution in [0.3, 0.4) is 0 Å². The van der Waals surface area contributed by atoms with Crippen molar-refractivity contribution >= 4 is 11.3 Å². The smallest absolute Gasteiger partial charge is 0.0794 e.